The summed E-state index contributed by atoms with van der Waals surface area (Å²) in [5.41, 5.74) is -0.951. The van der Waals surface area contributed by atoms with E-state index >= 15 is 0 Å². The van der Waals surface area contributed by atoms with Gasteiger partial charge in [-0.1, -0.05) is 11.6 Å². The van der Waals surface area contributed by atoms with E-state index in [1.807, 2.05) is 6.92 Å². The van der Waals surface area contributed by atoms with Gasteiger partial charge in [0.2, 0.25) is 0 Å². The fraction of sp³-hybridized carbons (Fsp3) is 0.417. The standard InChI is InChI=1S/C12H12BrClF3N5O/c1-3-22-7(6(13)4-19-22)5-18-11(23)9-8(14)10(12(15,16)17)21(2)20-9/h4H,3,5H2,1-2H3,(H,18,23). The summed E-state index contributed by atoms with van der Waals surface area (Å²) in [5, 5.41) is 9.41. The molecule has 0 saturated heterocycles. The minimum atomic E-state index is -4.69. The van der Waals surface area contributed by atoms with Crippen molar-refractivity contribution in [2.45, 2.75) is 26.2 Å². The van der Waals surface area contributed by atoms with E-state index in [9.17, 15) is 18.0 Å². The van der Waals surface area contributed by atoms with Gasteiger partial charge < -0.3 is 5.32 Å². The largest absolute Gasteiger partial charge is 0.434 e. The van der Waals surface area contributed by atoms with Crippen molar-refractivity contribution in [2.75, 3.05) is 0 Å². The van der Waals surface area contributed by atoms with E-state index < -0.39 is 28.5 Å². The Balaban J connectivity index is 2.21. The molecule has 2 heterocycles. The van der Waals surface area contributed by atoms with Crippen molar-refractivity contribution in [1.29, 1.82) is 0 Å². The molecule has 11 heteroatoms. The maximum atomic E-state index is 12.9. The third-order valence-electron chi connectivity index (χ3n) is 3.09. The molecule has 0 atom stereocenters. The summed E-state index contributed by atoms with van der Waals surface area (Å²) in [6, 6.07) is 0. The second-order valence-electron chi connectivity index (χ2n) is 4.57. The number of hydrogen-bond acceptors (Lipinski definition) is 3. The highest BCUT2D eigenvalue weighted by Gasteiger charge is 2.39. The third kappa shape index (κ3) is 3.52. The molecule has 0 aliphatic heterocycles. The summed E-state index contributed by atoms with van der Waals surface area (Å²) in [6.07, 6.45) is -3.12. The van der Waals surface area contributed by atoms with Crippen molar-refractivity contribution >= 4 is 33.4 Å². The first-order valence-electron chi connectivity index (χ1n) is 6.44. The van der Waals surface area contributed by atoms with Crippen LogP contribution in [-0.2, 0) is 26.3 Å². The molecule has 0 aromatic carbocycles. The van der Waals surface area contributed by atoms with Crippen LogP contribution < -0.4 is 5.32 Å². The molecule has 0 unspecified atom stereocenters. The number of carbonyl (C=O) groups is 1. The van der Waals surface area contributed by atoms with Crippen molar-refractivity contribution in [3.8, 4) is 0 Å². The van der Waals surface area contributed by atoms with Crippen LogP contribution in [0.3, 0.4) is 0 Å². The highest BCUT2D eigenvalue weighted by atomic mass is 79.9. The zero-order valence-electron chi connectivity index (χ0n) is 12.1. The molecule has 126 valence electrons. The minimum absolute atomic E-state index is 0.0709. The quantitative estimate of drug-likeness (QED) is 0.836. The molecule has 0 spiro atoms. The zero-order chi connectivity index (χ0) is 17.4. The molecule has 2 aromatic heterocycles. The number of aromatic nitrogens is 4. The van der Waals surface area contributed by atoms with E-state index in [0.29, 0.717) is 21.4 Å². The zero-order valence-corrected chi connectivity index (χ0v) is 14.4. The van der Waals surface area contributed by atoms with Crippen LogP contribution in [0.15, 0.2) is 10.7 Å². The Hall–Kier alpha value is -1.55. The number of rotatable bonds is 4. The van der Waals surface area contributed by atoms with Crippen LogP contribution in [0.5, 0.6) is 0 Å². The first-order chi connectivity index (χ1) is 10.7. The first-order valence-corrected chi connectivity index (χ1v) is 7.62. The van der Waals surface area contributed by atoms with E-state index in [0.717, 1.165) is 7.05 Å². The van der Waals surface area contributed by atoms with Gasteiger partial charge in [0.05, 0.1) is 22.9 Å². The molecule has 0 radical (unpaired) electrons. The fourth-order valence-corrected chi connectivity index (χ4v) is 2.82. The first kappa shape index (κ1) is 17.8. The molecule has 1 amide bonds. The lowest BCUT2D eigenvalue weighted by atomic mass is 10.3. The summed E-state index contributed by atoms with van der Waals surface area (Å²) >= 11 is 8.96. The number of halogens is 5. The van der Waals surface area contributed by atoms with Gasteiger partial charge in [-0.15, -0.1) is 0 Å². The second kappa shape index (κ2) is 6.52. The van der Waals surface area contributed by atoms with Crippen LogP contribution in [0.2, 0.25) is 5.02 Å². The number of nitrogens with zero attached hydrogens (tertiary/aromatic N) is 4. The van der Waals surface area contributed by atoms with Gasteiger partial charge in [-0.25, -0.2) is 0 Å². The Morgan fingerprint density at radius 3 is 2.65 bits per heavy atom. The van der Waals surface area contributed by atoms with E-state index in [1.165, 1.54) is 0 Å². The predicted octanol–water partition coefficient (Wildman–Crippen LogP) is 3.00. The van der Waals surface area contributed by atoms with Crippen molar-refractivity contribution < 1.29 is 18.0 Å². The van der Waals surface area contributed by atoms with Crippen molar-refractivity contribution in [1.82, 2.24) is 24.9 Å². The molecule has 0 aliphatic carbocycles. The molecule has 6 nitrogen and oxygen atoms in total. The molecule has 2 rings (SSSR count). The lowest BCUT2D eigenvalue weighted by Crippen LogP contribution is -2.25. The monoisotopic (exact) mass is 413 g/mol. The van der Waals surface area contributed by atoms with Gasteiger partial charge in [0, 0.05) is 13.6 Å². The fourth-order valence-electron chi connectivity index (χ4n) is 2.03. The average Bonchev–Trinajstić information content (AvgIpc) is 2.95. The summed E-state index contributed by atoms with van der Waals surface area (Å²) in [7, 11) is 1.08. The minimum Gasteiger partial charge on any atom is -0.345 e. The molecule has 0 fully saturated rings. The Morgan fingerprint density at radius 2 is 2.13 bits per heavy atom. The number of amides is 1. The molecule has 2 aromatic rings. The van der Waals surface area contributed by atoms with Gasteiger partial charge in [0.1, 0.15) is 5.02 Å². The van der Waals surface area contributed by atoms with E-state index in [-0.39, 0.29) is 6.54 Å². The molecular weight excluding hydrogens is 403 g/mol. The lowest BCUT2D eigenvalue weighted by Gasteiger charge is -2.07. The topological polar surface area (TPSA) is 64.7 Å². The second-order valence-corrected chi connectivity index (χ2v) is 5.80. The smallest absolute Gasteiger partial charge is 0.345 e. The Morgan fingerprint density at radius 1 is 1.48 bits per heavy atom. The third-order valence-corrected chi connectivity index (χ3v) is 4.11. The van der Waals surface area contributed by atoms with Gasteiger partial charge in [-0.3, -0.25) is 14.2 Å². The molecular formula is C12H12BrClF3N5O. The van der Waals surface area contributed by atoms with Crippen molar-refractivity contribution in [3.63, 3.8) is 0 Å². The average molecular weight is 415 g/mol. The highest BCUT2D eigenvalue weighted by molar-refractivity contribution is 9.10. The van der Waals surface area contributed by atoms with Crippen molar-refractivity contribution in [3.05, 3.63) is 32.8 Å². The summed E-state index contributed by atoms with van der Waals surface area (Å²) < 4.78 is 41.4. The predicted molar refractivity (Wildman–Crippen MR) is 80.0 cm³/mol. The van der Waals surface area contributed by atoms with Gasteiger partial charge in [-0.2, -0.15) is 23.4 Å². The van der Waals surface area contributed by atoms with Crippen LogP contribution in [0.4, 0.5) is 13.2 Å². The molecule has 0 saturated carbocycles. The molecule has 1 N–H and O–H groups in total. The number of nitrogens with one attached hydrogen (secondary N) is 1. The summed E-state index contributed by atoms with van der Waals surface area (Å²) in [5.74, 6) is -0.795. The number of carbonyl (C=O) groups excluding carboxylic acids is 1. The molecule has 0 aliphatic rings. The Kier molecular flexibility index (Phi) is 5.04. The maximum Gasteiger partial charge on any atom is 0.434 e. The van der Waals surface area contributed by atoms with Crippen LogP contribution in [0, 0.1) is 0 Å². The summed E-state index contributed by atoms with van der Waals surface area (Å²) in [4.78, 5) is 12.1. The van der Waals surface area contributed by atoms with Gasteiger partial charge in [0.15, 0.2) is 11.4 Å². The van der Waals surface area contributed by atoms with Gasteiger partial charge in [0.25, 0.3) is 5.91 Å². The molecule has 0 bridgehead atoms. The van der Waals surface area contributed by atoms with Crippen LogP contribution >= 0.6 is 27.5 Å². The highest BCUT2D eigenvalue weighted by Crippen LogP contribution is 2.35. The SMILES string of the molecule is CCn1ncc(Br)c1CNC(=O)c1nn(C)c(C(F)(F)F)c1Cl. The van der Waals surface area contributed by atoms with Crippen molar-refractivity contribution in [2.24, 2.45) is 7.05 Å². The summed E-state index contributed by atoms with van der Waals surface area (Å²) in [6.45, 7) is 2.52. The number of aryl methyl sites for hydroxylation is 2. The van der Waals surface area contributed by atoms with Gasteiger partial charge >= 0.3 is 6.18 Å². The lowest BCUT2D eigenvalue weighted by molar-refractivity contribution is -0.143. The van der Waals surface area contributed by atoms with Crippen LogP contribution in [0.25, 0.3) is 0 Å². The van der Waals surface area contributed by atoms with E-state index in [4.69, 9.17) is 11.6 Å². The van der Waals surface area contributed by atoms with E-state index in [2.05, 4.69) is 31.4 Å². The molecule has 23 heavy (non-hydrogen) atoms. The maximum absolute atomic E-state index is 12.9. The Bertz CT molecular complexity index is 740. The normalized spacial score (nSPS) is 11.8. The Labute approximate surface area is 142 Å². The van der Waals surface area contributed by atoms with E-state index in [1.54, 1.807) is 10.9 Å². The van der Waals surface area contributed by atoms with Gasteiger partial charge in [-0.05, 0) is 22.9 Å². The number of hydrogen-bond donors (Lipinski definition) is 1. The van der Waals surface area contributed by atoms with Crippen LogP contribution in [0.1, 0.15) is 28.8 Å². The van der Waals surface area contributed by atoms with Crippen LogP contribution in [-0.4, -0.2) is 25.5 Å². The number of alkyl halides is 3.